The summed E-state index contributed by atoms with van der Waals surface area (Å²) in [6, 6.07) is 20.8. The molecule has 5 nitrogen and oxygen atoms in total. The molecule has 1 atom stereocenters. The number of hydrazone groups is 1. The van der Waals surface area contributed by atoms with E-state index in [0.717, 1.165) is 11.3 Å². The van der Waals surface area contributed by atoms with E-state index in [1.165, 1.54) is 5.01 Å². The Balaban J connectivity index is 2.21. The highest BCUT2D eigenvalue weighted by Gasteiger charge is 2.33. The number of nitrogens with zero attached hydrogens (tertiary/aromatic N) is 3. The average molecular weight is 330 g/mol. The molecular weight excluding hydrogens is 312 g/mol. The maximum atomic E-state index is 12.6. The van der Waals surface area contributed by atoms with Crippen LogP contribution in [0.1, 0.15) is 18.9 Å². The summed E-state index contributed by atoms with van der Waals surface area (Å²) < 4.78 is 0. The summed E-state index contributed by atoms with van der Waals surface area (Å²) in [5.41, 5.74) is 8.96. The summed E-state index contributed by atoms with van der Waals surface area (Å²) in [5, 5.41) is 15.8. The number of para-hydroxylation sites is 1. The van der Waals surface area contributed by atoms with Gasteiger partial charge in [-0.05, 0) is 17.7 Å². The van der Waals surface area contributed by atoms with Crippen LogP contribution in [-0.2, 0) is 4.79 Å². The number of hydrogen-bond donors (Lipinski definition) is 1. The van der Waals surface area contributed by atoms with E-state index in [-0.39, 0.29) is 11.5 Å². The topological polar surface area (TPSA) is 82.5 Å². The number of anilines is 1. The molecular formula is C20H18N4O. The van der Waals surface area contributed by atoms with Crippen molar-refractivity contribution >= 4 is 22.8 Å². The third-order valence-corrected chi connectivity index (χ3v) is 4.06. The smallest absolute Gasteiger partial charge is 0.183 e. The van der Waals surface area contributed by atoms with Crippen molar-refractivity contribution < 1.29 is 4.79 Å². The largest absolute Gasteiger partial charge is 0.305 e. The Labute approximate surface area is 146 Å². The summed E-state index contributed by atoms with van der Waals surface area (Å²) in [6.07, 6.45) is -0.456. The van der Waals surface area contributed by atoms with Gasteiger partial charge in [0.05, 0.1) is 17.3 Å². The first kappa shape index (κ1) is 16.6. The molecule has 0 saturated heterocycles. The van der Waals surface area contributed by atoms with Crippen LogP contribution in [0.25, 0.3) is 5.57 Å². The van der Waals surface area contributed by atoms with Gasteiger partial charge >= 0.3 is 0 Å². The summed E-state index contributed by atoms with van der Waals surface area (Å²) in [7, 11) is 0. The number of ketones is 1. The first-order valence-electron chi connectivity index (χ1n) is 8.09. The molecule has 1 unspecified atom stereocenters. The van der Waals surface area contributed by atoms with Gasteiger partial charge in [0.1, 0.15) is 11.9 Å². The van der Waals surface area contributed by atoms with E-state index in [0.29, 0.717) is 17.6 Å². The van der Waals surface area contributed by atoms with Gasteiger partial charge in [-0.1, -0.05) is 55.5 Å². The Kier molecular flexibility index (Phi) is 4.73. The molecule has 0 saturated carbocycles. The molecule has 0 aliphatic carbocycles. The van der Waals surface area contributed by atoms with E-state index in [9.17, 15) is 10.1 Å². The minimum atomic E-state index is -0.754. The van der Waals surface area contributed by atoms with E-state index in [1.807, 2.05) is 60.7 Å². The van der Waals surface area contributed by atoms with Crippen LogP contribution >= 0.6 is 0 Å². The highest BCUT2D eigenvalue weighted by molar-refractivity contribution is 6.57. The summed E-state index contributed by atoms with van der Waals surface area (Å²) in [4.78, 5) is 12.6. The zero-order valence-electron chi connectivity index (χ0n) is 13.9. The summed E-state index contributed by atoms with van der Waals surface area (Å²) in [6.45, 7) is 1.78. The van der Waals surface area contributed by atoms with Crippen molar-refractivity contribution in [3.8, 4) is 6.07 Å². The number of benzene rings is 2. The first-order valence-corrected chi connectivity index (χ1v) is 8.09. The fourth-order valence-corrected chi connectivity index (χ4v) is 2.80. The minimum Gasteiger partial charge on any atom is -0.305 e. The van der Waals surface area contributed by atoms with Crippen molar-refractivity contribution in [3.63, 3.8) is 0 Å². The molecule has 0 bridgehead atoms. The Morgan fingerprint density at radius 1 is 1.16 bits per heavy atom. The van der Waals surface area contributed by atoms with Crippen molar-refractivity contribution in [2.45, 2.75) is 19.5 Å². The van der Waals surface area contributed by atoms with Gasteiger partial charge < -0.3 is 5.73 Å². The highest BCUT2D eigenvalue weighted by atomic mass is 16.1. The normalized spacial score (nSPS) is 17.1. The second-order valence-corrected chi connectivity index (χ2v) is 5.62. The summed E-state index contributed by atoms with van der Waals surface area (Å²) in [5.74, 6) is -0.126. The van der Waals surface area contributed by atoms with Gasteiger partial charge in [0.15, 0.2) is 5.78 Å². The van der Waals surface area contributed by atoms with Crippen LogP contribution < -0.4 is 10.7 Å². The third kappa shape index (κ3) is 3.08. The average Bonchev–Trinajstić information content (AvgIpc) is 2.68. The SMILES string of the molecule is CCC(=O)C1=NN(c2ccccc2)C(N)C(C#N)=C1c1ccccc1. The lowest BCUT2D eigenvalue weighted by atomic mass is 9.90. The number of nitriles is 1. The van der Waals surface area contributed by atoms with Gasteiger partial charge in [0.2, 0.25) is 0 Å². The lowest BCUT2D eigenvalue weighted by molar-refractivity contribution is -0.112. The fourth-order valence-electron chi connectivity index (χ4n) is 2.80. The second-order valence-electron chi connectivity index (χ2n) is 5.62. The molecule has 2 N–H and O–H groups in total. The molecule has 0 spiro atoms. The highest BCUT2D eigenvalue weighted by Crippen LogP contribution is 2.31. The van der Waals surface area contributed by atoms with Crippen LogP contribution in [0.15, 0.2) is 71.3 Å². The van der Waals surface area contributed by atoms with Crippen molar-refractivity contribution in [1.82, 2.24) is 0 Å². The molecule has 124 valence electrons. The lowest BCUT2D eigenvalue weighted by Gasteiger charge is -2.32. The van der Waals surface area contributed by atoms with Gasteiger partial charge in [0.25, 0.3) is 0 Å². The second kappa shape index (κ2) is 7.12. The van der Waals surface area contributed by atoms with Crippen LogP contribution in [-0.4, -0.2) is 17.7 Å². The fraction of sp³-hybridized carbons (Fsp3) is 0.150. The third-order valence-electron chi connectivity index (χ3n) is 4.06. The molecule has 0 aromatic heterocycles. The van der Waals surface area contributed by atoms with Crippen molar-refractivity contribution in [1.29, 1.82) is 5.26 Å². The number of carbonyl (C=O) groups excluding carboxylic acids is 1. The van der Waals surface area contributed by atoms with Gasteiger partial charge in [-0.25, -0.2) is 5.01 Å². The van der Waals surface area contributed by atoms with Gasteiger partial charge in [0, 0.05) is 12.0 Å². The summed E-state index contributed by atoms with van der Waals surface area (Å²) >= 11 is 0. The van der Waals surface area contributed by atoms with E-state index in [2.05, 4.69) is 11.2 Å². The lowest BCUT2D eigenvalue weighted by Crippen LogP contribution is -2.45. The minimum absolute atomic E-state index is 0.126. The molecule has 2 aromatic rings. The Morgan fingerprint density at radius 3 is 2.32 bits per heavy atom. The first-order chi connectivity index (χ1) is 12.2. The van der Waals surface area contributed by atoms with Crippen LogP contribution in [0.4, 0.5) is 5.69 Å². The van der Waals surface area contributed by atoms with Crippen LogP contribution in [0.5, 0.6) is 0 Å². The molecule has 1 aliphatic heterocycles. The zero-order valence-corrected chi connectivity index (χ0v) is 13.9. The standard InChI is InChI=1S/C20H18N4O/c1-2-17(25)19-18(14-9-5-3-6-10-14)16(13-21)20(22)24(23-19)15-11-7-4-8-12-15/h3-12,20H,2,22H2,1H3. The maximum Gasteiger partial charge on any atom is 0.183 e. The number of nitrogens with two attached hydrogens (primary N) is 1. The van der Waals surface area contributed by atoms with E-state index in [1.54, 1.807) is 6.92 Å². The zero-order chi connectivity index (χ0) is 17.8. The van der Waals surface area contributed by atoms with Gasteiger partial charge in [-0.2, -0.15) is 10.4 Å². The molecule has 0 amide bonds. The van der Waals surface area contributed by atoms with Gasteiger partial charge in [-0.3, -0.25) is 4.79 Å². The number of hydrogen-bond acceptors (Lipinski definition) is 5. The molecule has 25 heavy (non-hydrogen) atoms. The predicted molar refractivity (Wildman–Crippen MR) is 98.6 cm³/mol. The van der Waals surface area contributed by atoms with Crippen LogP contribution in [0.3, 0.4) is 0 Å². The van der Waals surface area contributed by atoms with Crippen LogP contribution in [0, 0.1) is 11.3 Å². The Morgan fingerprint density at radius 2 is 1.76 bits per heavy atom. The predicted octanol–water partition coefficient (Wildman–Crippen LogP) is 3.10. The molecule has 3 rings (SSSR count). The van der Waals surface area contributed by atoms with E-state index < -0.39 is 6.17 Å². The quantitative estimate of drug-likeness (QED) is 0.934. The number of carbonyl (C=O) groups is 1. The monoisotopic (exact) mass is 330 g/mol. The van der Waals surface area contributed by atoms with Crippen LogP contribution in [0.2, 0.25) is 0 Å². The van der Waals surface area contributed by atoms with Crippen molar-refractivity contribution in [2.24, 2.45) is 10.8 Å². The van der Waals surface area contributed by atoms with Crippen molar-refractivity contribution in [3.05, 3.63) is 71.8 Å². The maximum absolute atomic E-state index is 12.6. The number of allylic oxidation sites excluding steroid dienone is 1. The number of Topliss-reactive ketones (excluding diaryl/α,β-unsaturated/α-hetero) is 1. The van der Waals surface area contributed by atoms with Crippen molar-refractivity contribution in [2.75, 3.05) is 5.01 Å². The van der Waals surface area contributed by atoms with Gasteiger partial charge in [-0.15, -0.1) is 0 Å². The number of rotatable bonds is 4. The molecule has 0 fully saturated rings. The molecule has 1 aliphatic rings. The molecule has 1 heterocycles. The molecule has 2 aromatic carbocycles. The Bertz CT molecular complexity index is 879. The molecule has 5 heteroatoms. The van der Waals surface area contributed by atoms with E-state index >= 15 is 0 Å². The molecule has 0 radical (unpaired) electrons. The van der Waals surface area contributed by atoms with E-state index in [4.69, 9.17) is 5.73 Å². The Hall–Kier alpha value is -3.23.